The second-order valence-corrected chi connectivity index (χ2v) is 27.4. The van der Waals surface area contributed by atoms with Crippen molar-refractivity contribution in [3.63, 3.8) is 0 Å². The van der Waals surface area contributed by atoms with Crippen molar-refractivity contribution < 1.29 is 8.83 Å². The number of rotatable bonds is 0. The first-order chi connectivity index (χ1) is 51.5. The first-order valence-corrected chi connectivity index (χ1v) is 35.2. The van der Waals surface area contributed by atoms with Crippen LogP contribution >= 0.6 is 22.7 Å². The minimum Gasteiger partial charge on any atom is -0.461 e. The SMILES string of the molecule is Cc1cc2c(N)nccc2[nH]1.Cc1cc2c(N)nccc2o1.Cc1cc2c(N)nccc2s1.Cc1cc2cccc(N)c2[nH]1.Cc1cc2ccnc(N)c2o1.Cc1cc2ccnc(N)c2s1.Cc1ccc2[nH]ncc2c1.Cc1ccc2cn[nH]c2c1.Cc1ccc2n[nH]nc2c1.Cc1nc2c(N)nccc2[nH]1. The molecule has 0 bridgehead atoms. The predicted molar refractivity (Wildman–Crippen MR) is 440 cm³/mol. The molecule has 0 saturated heterocycles. The highest BCUT2D eigenvalue weighted by Gasteiger charge is 2.08. The number of hydrogen-bond donors (Lipinski definition) is 13. The van der Waals surface area contributed by atoms with Crippen LogP contribution in [0.1, 0.15) is 55.2 Å². The van der Waals surface area contributed by atoms with Gasteiger partial charge in [-0.25, -0.2) is 34.9 Å². The number of nitrogens with two attached hydrogens (primary N) is 7. The number of aryl methyl sites for hydroxylation is 10. The molecule has 26 nitrogen and oxygen atoms in total. The molecule has 28 heteroatoms. The number of aromatic nitrogens is 17. The van der Waals surface area contributed by atoms with Gasteiger partial charge in [0.25, 0.3) is 0 Å². The number of nitrogens with zero attached hydrogens (tertiary/aromatic N) is 11. The van der Waals surface area contributed by atoms with Crippen LogP contribution in [0.25, 0.3) is 108 Å². The molecular formula is C79H82N24O2S2. The van der Waals surface area contributed by atoms with E-state index in [0.717, 1.165) is 110 Å². The Morgan fingerprint density at radius 2 is 0.991 bits per heavy atom. The molecule has 0 saturated carbocycles. The number of anilines is 7. The molecule has 0 amide bonds. The van der Waals surface area contributed by atoms with Gasteiger partial charge in [0.2, 0.25) is 0 Å². The third-order valence-corrected chi connectivity index (χ3v) is 18.2. The molecule has 16 heterocycles. The first-order valence-electron chi connectivity index (χ1n) is 33.6. The van der Waals surface area contributed by atoms with Crippen LogP contribution in [0, 0.1) is 69.2 Å². The number of para-hydroxylation sites is 1. The summed E-state index contributed by atoms with van der Waals surface area (Å²) in [7, 11) is 0. The van der Waals surface area contributed by atoms with Crippen molar-refractivity contribution in [3.8, 4) is 0 Å². The van der Waals surface area contributed by atoms with Crippen LogP contribution in [-0.2, 0) is 0 Å². The summed E-state index contributed by atoms with van der Waals surface area (Å²) in [6.07, 6.45) is 13.8. The molecular weight excluding hydrogens is 1380 g/mol. The fourth-order valence-electron chi connectivity index (χ4n) is 11.1. The zero-order valence-corrected chi connectivity index (χ0v) is 62.2. The molecule has 0 fully saturated rings. The molecule has 0 unspecified atom stereocenters. The smallest absolute Gasteiger partial charge is 0.176 e. The van der Waals surface area contributed by atoms with Crippen LogP contribution in [0.3, 0.4) is 0 Å². The van der Waals surface area contributed by atoms with Crippen LogP contribution < -0.4 is 40.1 Å². The van der Waals surface area contributed by atoms with Crippen LogP contribution in [0.4, 0.5) is 40.6 Å². The molecule has 0 atom stereocenters. The Bertz CT molecular complexity index is 5390. The van der Waals surface area contributed by atoms with Crippen LogP contribution in [0.5, 0.6) is 0 Å². The van der Waals surface area contributed by atoms with Gasteiger partial charge in [-0.15, -0.1) is 22.7 Å². The van der Waals surface area contributed by atoms with Crippen molar-refractivity contribution in [2.75, 3.05) is 40.1 Å². The van der Waals surface area contributed by atoms with Gasteiger partial charge in [0, 0.05) is 95.3 Å². The molecule has 0 aliphatic heterocycles. The van der Waals surface area contributed by atoms with Gasteiger partial charge >= 0.3 is 0 Å². The maximum absolute atomic E-state index is 5.74. The van der Waals surface area contributed by atoms with Gasteiger partial charge in [0.15, 0.2) is 17.2 Å². The lowest BCUT2D eigenvalue weighted by Crippen LogP contribution is -1.89. The third-order valence-electron chi connectivity index (χ3n) is 16.1. The lowest BCUT2D eigenvalue weighted by molar-refractivity contribution is 0.578. The largest absolute Gasteiger partial charge is 0.461 e. The van der Waals surface area contributed by atoms with Crippen molar-refractivity contribution in [2.45, 2.75) is 69.2 Å². The summed E-state index contributed by atoms with van der Waals surface area (Å²) in [6.45, 7) is 20.0. The number of benzene rings is 4. The Hall–Kier alpha value is -13.7. The standard InChI is InChI=1S/C9H10N2.C8H9N3.2C8H8N2O.2C8H8N2S.2C8H8N2.C7H8N4.C7H7N3/c1-6-5-7-3-2-4-8(10)9(7)11-6;2*1-5-4-6-7(11-5)2-3-10-8(6)9;1-5-4-6-2-3-10-8(9)7(6)11-5;1-5-4-6-7(11-5)2-3-10-8(6)9;1-5-4-6-2-3-10-8(9)7(6)11-5;1-6-2-3-8-7(4-6)5-9-10-8;1-6-2-3-7-5-9-10-8(7)4-6;1-4-10-5-2-3-9-7(8)6(5)11-4;1-5-2-3-6-7(4-5)9-10-8-6/h2-5,11H,10H2,1H3;2-4,11H,1H3,(H2,9,10);4*2-4H,1H3,(H2,9,10);2*2-5H,1H3,(H,9,10);2-3H,1H3,(H2,8,9)(H,10,11);2-4H,1H3,(H,8,9,10). The topological polar surface area (TPSA) is 445 Å². The number of H-pyrrole nitrogens is 6. The summed E-state index contributed by atoms with van der Waals surface area (Å²) in [5.74, 6) is 5.90. The van der Waals surface area contributed by atoms with E-state index in [9.17, 15) is 0 Å². The second-order valence-electron chi connectivity index (χ2n) is 24.9. The lowest BCUT2D eigenvalue weighted by atomic mass is 10.2. The van der Waals surface area contributed by atoms with Gasteiger partial charge < -0.3 is 63.9 Å². The lowest BCUT2D eigenvalue weighted by Gasteiger charge is -1.92. The molecule has 4 aromatic carbocycles. The Balaban J connectivity index is 0.000000118. The zero-order valence-electron chi connectivity index (χ0n) is 60.6. The molecule has 107 heavy (non-hydrogen) atoms. The van der Waals surface area contributed by atoms with Crippen molar-refractivity contribution in [3.05, 3.63) is 250 Å². The predicted octanol–water partition coefficient (Wildman–Crippen LogP) is 17.2. The molecule has 20 rings (SSSR count). The van der Waals surface area contributed by atoms with E-state index in [1.54, 1.807) is 65.9 Å². The van der Waals surface area contributed by atoms with Gasteiger partial charge in [-0.2, -0.15) is 25.6 Å². The highest BCUT2D eigenvalue weighted by Crippen LogP contribution is 2.30. The van der Waals surface area contributed by atoms with Crippen molar-refractivity contribution >= 4 is 171 Å². The van der Waals surface area contributed by atoms with Crippen LogP contribution in [0.15, 0.2) is 204 Å². The van der Waals surface area contributed by atoms with E-state index in [4.69, 9.17) is 49.0 Å². The number of pyridine rings is 6. The van der Waals surface area contributed by atoms with E-state index >= 15 is 0 Å². The number of nitrogens with one attached hydrogen (secondary N) is 6. The first kappa shape index (κ1) is 74.5. The van der Waals surface area contributed by atoms with Crippen molar-refractivity contribution in [1.29, 1.82) is 0 Å². The third kappa shape index (κ3) is 19.3. The summed E-state index contributed by atoms with van der Waals surface area (Å²) < 4.78 is 13.0. The summed E-state index contributed by atoms with van der Waals surface area (Å²) in [6, 6.07) is 47.9. The normalized spacial score (nSPS) is 10.6. The highest BCUT2D eigenvalue weighted by molar-refractivity contribution is 7.19. The number of hydrogen-bond acceptors (Lipinski definition) is 22. The van der Waals surface area contributed by atoms with Crippen LogP contribution in [0.2, 0.25) is 0 Å². The van der Waals surface area contributed by atoms with Gasteiger partial charge in [0.1, 0.15) is 62.7 Å². The van der Waals surface area contributed by atoms with Gasteiger partial charge in [-0.3, -0.25) is 10.2 Å². The fraction of sp³-hybridized carbons (Fsp3) is 0.127. The van der Waals surface area contributed by atoms with E-state index in [1.807, 2.05) is 139 Å². The zero-order chi connectivity index (χ0) is 75.8. The fourth-order valence-corrected chi connectivity index (χ4v) is 13.0. The minimum atomic E-state index is 0.454. The number of imidazole rings is 1. The summed E-state index contributed by atoms with van der Waals surface area (Å²) in [5.41, 5.74) is 55.6. The second kappa shape index (κ2) is 34.0. The number of nitrogen functional groups attached to an aromatic ring is 7. The summed E-state index contributed by atoms with van der Waals surface area (Å²) >= 11 is 3.44. The summed E-state index contributed by atoms with van der Waals surface area (Å²) in [4.78, 5) is 39.9. The number of fused-ring (bicyclic) bond motifs is 10. The van der Waals surface area contributed by atoms with Gasteiger partial charge in [-0.05, 0) is 195 Å². The maximum atomic E-state index is 5.74. The molecule has 0 aliphatic carbocycles. The van der Waals surface area contributed by atoms with Crippen molar-refractivity contribution in [1.82, 2.24) is 85.6 Å². The van der Waals surface area contributed by atoms with Crippen molar-refractivity contribution in [2.24, 2.45) is 0 Å². The highest BCUT2D eigenvalue weighted by atomic mass is 32.1. The van der Waals surface area contributed by atoms with Gasteiger partial charge in [-0.1, -0.05) is 42.0 Å². The quantitative estimate of drug-likeness (QED) is 0.0627. The molecule has 0 radical (unpaired) electrons. The molecule has 16 aromatic heterocycles. The molecule has 0 spiro atoms. The van der Waals surface area contributed by atoms with Gasteiger partial charge in [0.05, 0.1) is 55.8 Å². The van der Waals surface area contributed by atoms with Crippen LogP contribution in [-0.4, -0.2) is 85.6 Å². The molecule has 20 aromatic rings. The number of furan rings is 2. The Labute approximate surface area is 621 Å². The Morgan fingerprint density at radius 3 is 1.72 bits per heavy atom. The maximum Gasteiger partial charge on any atom is 0.176 e. The summed E-state index contributed by atoms with van der Waals surface area (Å²) in [5, 5.41) is 32.8. The monoisotopic (exact) mass is 1460 g/mol. The van der Waals surface area contributed by atoms with E-state index in [2.05, 4.69) is 168 Å². The van der Waals surface area contributed by atoms with E-state index in [1.165, 1.54) is 52.7 Å². The average molecular weight is 1460 g/mol. The molecule has 20 N–H and O–H groups in total. The minimum absolute atomic E-state index is 0.454. The van der Waals surface area contributed by atoms with E-state index < -0.39 is 0 Å². The van der Waals surface area contributed by atoms with E-state index in [0.29, 0.717) is 40.5 Å². The average Bonchev–Trinajstić information content (AvgIpc) is 1.72. The molecule has 0 aliphatic rings. The number of aromatic amines is 6. The molecule has 542 valence electrons. The Morgan fingerprint density at radius 1 is 0.383 bits per heavy atom. The van der Waals surface area contributed by atoms with E-state index in [-0.39, 0.29) is 0 Å². The Kier molecular flexibility index (Phi) is 23.7. The number of thiophene rings is 2.